The predicted molar refractivity (Wildman–Crippen MR) is 126 cm³/mol. The van der Waals surface area contributed by atoms with Crippen LogP contribution in [-0.2, 0) is 9.84 Å². The van der Waals surface area contributed by atoms with Crippen LogP contribution in [0.15, 0.2) is 24.3 Å². The van der Waals surface area contributed by atoms with Crippen LogP contribution >= 0.6 is 0 Å². The molecule has 1 aliphatic heterocycles. The van der Waals surface area contributed by atoms with Crippen molar-refractivity contribution in [2.75, 3.05) is 29.5 Å². The summed E-state index contributed by atoms with van der Waals surface area (Å²) >= 11 is 0. The van der Waals surface area contributed by atoms with Gasteiger partial charge in [-0.1, -0.05) is 5.92 Å². The summed E-state index contributed by atoms with van der Waals surface area (Å²) in [7, 11) is -2.94. The van der Waals surface area contributed by atoms with Crippen molar-refractivity contribution in [2.24, 2.45) is 0 Å². The first-order valence-corrected chi connectivity index (χ1v) is 11.3. The van der Waals surface area contributed by atoms with Gasteiger partial charge in [0.2, 0.25) is 0 Å². The molecular formula is C24H25NO7S. The maximum atomic E-state index is 11.7. The fraction of sp³-hybridized carbons (Fsp3) is 0.333. The van der Waals surface area contributed by atoms with Crippen molar-refractivity contribution >= 4 is 15.5 Å². The number of sulfone groups is 1. The molecule has 0 unspecified atom stereocenters. The molecule has 1 saturated heterocycles. The van der Waals surface area contributed by atoms with Gasteiger partial charge in [0.15, 0.2) is 0 Å². The van der Waals surface area contributed by atoms with E-state index in [4.69, 9.17) is 4.74 Å². The Kier molecular flexibility index (Phi) is 12.9. The van der Waals surface area contributed by atoms with Gasteiger partial charge in [-0.05, 0) is 91.4 Å². The molecule has 1 heterocycles. The molecule has 1 aliphatic rings. The maximum Gasteiger partial charge on any atom is 0.394 e. The summed E-state index contributed by atoms with van der Waals surface area (Å²) in [6.45, 7) is 2.93. The lowest BCUT2D eigenvalue weighted by molar-refractivity contribution is -0.245. The van der Waals surface area contributed by atoms with Gasteiger partial charge in [-0.3, -0.25) is 0 Å². The van der Waals surface area contributed by atoms with Crippen LogP contribution in [0.25, 0.3) is 0 Å². The highest BCUT2D eigenvalue weighted by Crippen LogP contribution is 2.23. The normalized spacial score (nSPS) is 13.7. The fourth-order valence-corrected chi connectivity index (χ4v) is 4.04. The third-order valence-electron chi connectivity index (χ3n) is 4.02. The van der Waals surface area contributed by atoms with Gasteiger partial charge in [-0.25, -0.2) is 8.42 Å². The zero-order valence-electron chi connectivity index (χ0n) is 18.0. The molecule has 174 valence electrons. The number of hydrogen-bond acceptors (Lipinski definition) is 6. The molecule has 2 rings (SSSR count). The molecule has 0 amide bonds. The van der Waals surface area contributed by atoms with E-state index in [2.05, 4.69) is 64.1 Å². The second kappa shape index (κ2) is 14.5. The van der Waals surface area contributed by atoms with Gasteiger partial charge in [0.25, 0.3) is 0 Å². The molecule has 0 radical (unpaired) electrons. The summed E-state index contributed by atoms with van der Waals surface area (Å²) in [5.41, 5.74) is 0.900. The molecular weight excluding hydrogens is 446 g/mol. The molecule has 0 spiro atoms. The summed E-state index contributed by atoms with van der Waals surface area (Å²) in [5, 5.41) is 19.7. The highest BCUT2D eigenvalue weighted by Gasteiger charge is 2.23. The minimum Gasteiger partial charge on any atom is -0.429 e. The molecule has 0 saturated carbocycles. The maximum absolute atomic E-state index is 11.7. The quantitative estimate of drug-likeness (QED) is 0.431. The number of nitrogens with zero attached hydrogens (tertiary/aromatic N) is 1. The molecule has 0 bridgehead atoms. The lowest BCUT2D eigenvalue weighted by atomic mass is 10.2. The smallest absolute Gasteiger partial charge is 0.394 e. The Morgan fingerprint density at radius 2 is 1.33 bits per heavy atom. The SMILES string of the molecule is CC#CC#CC#CC#CC#CC(O)(O)Oc1ccc(N2CCCS(=O)(=O)CCC2)cc1.O.O. The summed E-state index contributed by atoms with van der Waals surface area (Å²) in [5.74, 6) is 22.0. The van der Waals surface area contributed by atoms with Gasteiger partial charge in [0, 0.05) is 24.7 Å². The topological polar surface area (TPSA) is 150 Å². The van der Waals surface area contributed by atoms with E-state index in [1.165, 1.54) is 0 Å². The van der Waals surface area contributed by atoms with E-state index in [0.717, 1.165) is 5.69 Å². The van der Waals surface area contributed by atoms with E-state index in [-0.39, 0.29) is 28.2 Å². The number of hydrogen-bond donors (Lipinski definition) is 2. The largest absolute Gasteiger partial charge is 0.429 e. The Bertz CT molecular complexity index is 1180. The third kappa shape index (κ3) is 11.6. The van der Waals surface area contributed by atoms with Crippen LogP contribution in [0.4, 0.5) is 5.69 Å². The van der Waals surface area contributed by atoms with Crippen molar-refractivity contribution in [1.29, 1.82) is 0 Å². The molecule has 6 N–H and O–H groups in total. The zero-order chi connectivity index (χ0) is 22.6. The monoisotopic (exact) mass is 471 g/mol. The van der Waals surface area contributed by atoms with Gasteiger partial charge in [-0.15, -0.1) is 0 Å². The molecule has 1 aromatic rings. The Morgan fingerprint density at radius 3 is 1.85 bits per heavy atom. The van der Waals surface area contributed by atoms with Crippen molar-refractivity contribution in [2.45, 2.75) is 25.7 Å². The molecule has 9 heteroatoms. The minimum absolute atomic E-state index is 0. The van der Waals surface area contributed by atoms with Crippen molar-refractivity contribution in [3.63, 3.8) is 0 Å². The van der Waals surface area contributed by atoms with Crippen LogP contribution in [-0.4, -0.2) is 60.2 Å². The number of ether oxygens (including phenoxy) is 1. The molecule has 0 atom stereocenters. The van der Waals surface area contributed by atoms with Crippen molar-refractivity contribution in [3.05, 3.63) is 24.3 Å². The van der Waals surface area contributed by atoms with E-state index in [0.29, 0.717) is 25.9 Å². The lowest BCUT2D eigenvalue weighted by Crippen LogP contribution is -2.33. The predicted octanol–water partition coefficient (Wildman–Crippen LogP) is -0.894. The average molecular weight is 472 g/mol. The molecule has 33 heavy (non-hydrogen) atoms. The van der Waals surface area contributed by atoms with Gasteiger partial charge >= 0.3 is 5.97 Å². The summed E-state index contributed by atoms with van der Waals surface area (Å²) in [6, 6.07) is 6.72. The first-order valence-electron chi connectivity index (χ1n) is 9.44. The fourth-order valence-electron chi connectivity index (χ4n) is 2.70. The van der Waals surface area contributed by atoms with Gasteiger partial charge in [0.1, 0.15) is 15.6 Å². The van der Waals surface area contributed by atoms with Crippen LogP contribution in [0, 0.1) is 59.2 Å². The molecule has 0 aliphatic carbocycles. The first-order chi connectivity index (χ1) is 14.8. The Balaban J connectivity index is 0.00000512. The minimum atomic E-state index is -2.94. The van der Waals surface area contributed by atoms with Crippen molar-refractivity contribution in [3.8, 4) is 65.0 Å². The molecule has 1 aromatic carbocycles. The van der Waals surface area contributed by atoms with Crippen LogP contribution in [0.1, 0.15) is 19.8 Å². The van der Waals surface area contributed by atoms with E-state index >= 15 is 0 Å². The Labute approximate surface area is 194 Å². The van der Waals surface area contributed by atoms with Crippen molar-refractivity contribution < 1.29 is 34.3 Å². The van der Waals surface area contributed by atoms with E-state index in [1.807, 2.05) is 0 Å². The Hall–Kier alpha value is -3.59. The van der Waals surface area contributed by atoms with Crippen molar-refractivity contribution in [1.82, 2.24) is 0 Å². The van der Waals surface area contributed by atoms with Gasteiger partial charge in [-0.2, -0.15) is 0 Å². The number of rotatable bonds is 3. The highest BCUT2D eigenvalue weighted by atomic mass is 32.2. The van der Waals surface area contributed by atoms with Crippen LogP contribution < -0.4 is 9.64 Å². The van der Waals surface area contributed by atoms with Gasteiger partial charge in [0.05, 0.1) is 11.5 Å². The third-order valence-corrected chi connectivity index (χ3v) is 5.84. The van der Waals surface area contributed by atoms with Gasteiger partial charge < -0.3 is 30.8 Å². The summed E-state index contributed by atoms with van der Waals surface area (Å²) in [4.78, 5) is 2.10. The van der Waals surface area contributed by atoms with E-state index < -0.39 is 15.8 Å². The highest BCUT2D eigenvalue weighted by molar-refractivity contribution is 7.91. The summed E-state index contributed by atoms with van der Waals surface area (Å²) < 4.78 is 28.5. The Morgan fingerprint density at radius 1 is 0.848 bits per heavy atom. The van der Waals surface area contributed by atoms with Crippen LogP contribution in [0.2, 0.25) is 0 Å². The van der Waals surface area contributed by atoms with Crippen LogP contribution in [0.3, 0.4) is 0 Å². The summed E-state index contributed by atoms with van der Waals surface area (Å²) in [6.07, 6.45) is 1.13. The molecule has 8 nitrogen and oxygen atoms in total. The average Bonchev–Trinajstić information content (AvgIpc) is 2.70. The number of aliphatic hydroxyl groups is 2. The van der Waals surface area contributed by atoms with E-state index in [9.17, 15) is 18.6 Å². The molecule has 1 fully saturated rings. The second-order valence-electron chi connectivity index (χ2n) is 6.43. The second-order valence-corrected chi connectivity index (χ2v) is 8.73. The number of benzene rings is 1. The first kappa shape index (κ1) is 29.4. The number of anilines is 1. The standard InChI is InChI=1S/C24H21NO5S.2H2O/c1-2-3-4-5-6-7-8-9-10-17-24(26,27)30-23-15-13-22(14-16-23)25-18-11-20-31(28,29)21-12-19-25;;/h13-16,26-27H,11-12,18-21H2,1H3;2*1H2. The lowest BCUT2D eigenvalue weighted by Gasteiger charge is -2.27. The zero-order valence-corrected chi connectivity index (χ0v) is 18.8. The van der Waals surface area contributed by atoms with Crippen LogP contribution in [0.5, 0.6) is 5.75 Å². The molecule has 0 aromatic heterocycles. The van der Waals surface area contributed by atoms with E-state index in [1.54, 1.807) is 31.2 Å².